The predicted octanol–water partition coefficient (Wildman–Crippen LogP) is 3.02. The van der Waals surface area contributed by atoms with Gasteiger partial charge in [0.2, 0.25) is 17.6 Å². The molecule has 1 heterocycles. The summed E-state index contributed by atoms with van der Waals surface area (Å²) < 4.78 is 5.19. The Morgan fingerprint density at radius 1 is 1.15 bits per heavy atom. The van der Waals surface area contributed by atoms with Gasteiger partial charge in [0.1, 0.15) is 6.04 Å². The van der Waals surface area contributed by atoms with Crippen molar-refractivity contribution in [3.8, 4) is 11.4 Å². The molecule has 0 fully saturated rings. The SMILES string of the molecule is CC(C)c1ccc(-c2noc(CCC(=O)N[C@H](C(=O)O)C(C)C)n2)cc1. The lowest BCUT2D eigenvalue weighted by Gasteiger charge is -2.17. The number of benzene rings is 1. The molecule has 7 nitrogen and oxygen atoms in total. The molecule has 0 unspecified atom stereocenters. The van der Waals surface area contributed by atoms with Crippen molar-refractivity contribution in [2.24, 2.45) is 5.92 Å². The molecule has 2 aromatic rings. The van der Waals surface area contributed by atoms with Crippen molar-refractivity contribution in [1.82, 2.24) is 15.5 Å². The molecule has 0 bridgehead atoms. The van der Waals surface area contributed by atoms with E-state index >= 15 is 0 Å². The maximum Gasteiger partial charge on any atom is 0.326 e. The van der Waals surface area contributed by atoms with E-state index in [9.17, 15) is 9.59 Å². The number of carboxylic acid groups (broad SMARTS) is 1. The summed E-state index contributed by atoms with van der Waals surface area (Å²) in [6.45, 7) is 7.74. The molecule has 7 heteroatoms. The third kappa shape index (κ3) is 5.15. The molecule has 0 aliphatic heterocycles. The largest absolute Gasteiger partial charge is 0.480 e. The Bertz CT molecular complexity index is 750. The normalized spacial score (nSPS) is 12.4. The van der Waals surface area contributed by atoms with Crippen LogP contribution in [-0.2, 0) is 16.0 Å². The van der Waals surface area contributed by atoms with E-state index in [1.165, 1.54) is 5.56 Å². The first kappa shape index (κ1) is 19.6. The van der Waals surface area contributed by atoms with Gasteiger partial charge in [0, 0.05) is 18.4 Å². The molecular formula is C19H25N3O4. The zero-order chi connectivity index (χ0) is 19.3. The van der Waals surface area contributed by atoms with Crippen LogP contribution in [0.1, 0.15) is 51.5 Å². The molecule has 1 amide bonds. The van der Waals surface area contributed by atoms with E-state index in [0.717, 1.165) is 5.56 Å². The molecule has 0 saturated heterocycles. The van der Waals surface area contributed by atoms with Gasteiger partial charge in [0.15, 0.2) is 0 Å². The van der Waals surface area contributed by atoms with Crippen molar-refractivity contribution in [3.63, 3.8) is 0 Å². The Hall–Kier alpha value is -2.70. The lowest BCUT2D eigenvalue weighted by molar-refractivity contribution is -0.143. The molecule has 26 heavy (non-hydrogen) atoms. The molecule has 0 aliphatic rings. The van der Waals surface area contributed by atoms with Crippen molar-refractivity contribution in [2.75, 3.05) is 0 Å². The average Bonchev–Trinajstić information content (AvgIpc) is 3.06. The van der Waals surface area contributed by atoms with E-state index in [4.69, 9.17) is 9.63 Å². The summed E-state index contributed by atoms with van der Waals surface area (Å²) in [5.74, 6) is -0.324. The van der Waals surface area contributed by atoms with Gasteiger partial charge in [-0.3, -0.25) is 4.79 Å². The Labute approximate surface area is 152 Å². The van der Waals surface area contributed by atoms with Crippen LogP contribution in [0.4, 0.5) is 0 Å². The summed E-state index contributed by atoms with van der Waals surface area (Å²) in [5.41, 5.74) is 2.08. The van der Waals surface area contributed by atoms with Gasteiger partial charge >= 0.3 is 5.97 Å². The fourth-order valence-corrected chi connectivity index (χ4v) is 2.47. The van der Waals surface area contributed by atoms with Crippen LogP contribution in [0.3, 0.4) is 0 Å². The Kier molecular flexibility index (Phi) is 6.49. The summed E-state index contributed by atoms with van der Waals surface area (Å²) in [6, 6.07) is 7.04. The lowest BCUT2D eigenvalue weighted by atomic mass is 10.0. The van der Waals surface area contributed by atoms with Crippen molar-refractivity contribution in [3.05, 3.63) is 35.7 Å². The number of nitrogens with one attached hydrogen (secondary N) is 1. The molecular weight excluding hydrogens is 334 g/mol. The highest BCUT2D eigenvalue weighted by Crippen LogP contribution is 2.20. The molecule has 1 aromatic carbocycles. The monoisotopic (exact) mass is 359 g/mol. The number of aryl methyl sites for hydroxylation is 1. The molecule has 0 radical (unpaired) electrons. The third-order valence-corrected chi connectivity index (χ3v) is 4.12. The van der Waals surface area contributed by atoms with Gasteiger partial charge in [-0.05, 0) is 17.4 Å². The Balaban J connectivity index is 1.94. The maximum atomic E-state index is 11.9. The van der Waals surface area contributed by atoms with Crippen LogP contribution in [0.5, 0.6) is 0 Å². The van der Waals surface area contributed by atoms with E-state index in [0.29, 0.717) is 17.6 Å². The molecule has 1 atom stereocenters. The van der Waals surface area contributed by atoms with Crippen LogP contribution < -0.4 is 5.32 Å². The molecule has 140 valence electrons. The number of hydrogen-bond donors (Lipinski definition) is 2. The topological polar surface area (TPSA) is 105 Å². The smallest absolute Gasteiger partial charge is 0.326 e. The minimum Gasteiger partial charge on any atom is -0.480 e. The number of rotatable bonds is 8. The number of aliphatic carboxylic acids is 1. The minimum atomic E-state index is -1.04. The highest BCUT2D eigenvalue weighted by atomic mass is 16.5. The van der Waals surface area contributed by atoms with Gasteiger partial charge in [-0.1, -0.05) is 57.1 Å². The van der Waals surface area contributed by atoms with E-state index in [2.05, 4.69) is 29.3 Å². The van der Waals surface area contributed by atoms with Gasteiger partial charge in [-0.25, -0.2) is 4.79 Å². The lowest BCUT2D eigenvalue weighted by Crippen LogP contribution is -2.44. The minimum absolute atomic E-state index is 0.0877. The highest BCUT2D eigenvalue weighted by molar-refractivity contribution is 5.83. The molecule has 0 saturated carbocycles. The van der Waals surface area contributed by atoms with Crippen LogP contribution in [0, 0.1) is 5.92 Å². The number of hydrogen-bond acceptors (Lipinski definition) is 5. The summed E-state index contributed by atoms with van der Waals surface area (Å²) in [6.07, 6.45) is 0.345. The second-order valence-corrected chi connectivity index (χ2v) is 6.92. The summed E-state index contributed by atoms with van der Waals surface area (Å²) in [4.78, 5) is 27.4. The van der Waals surface area contributed by atoms with E-state index in [1.54, 1.807) is 13.8 Å². The average molecular weight is 359 g/mol. The van der Waals surface area contributed by atoms with Gasteiger partial charge < -0.3 is 14.9 Å². The van der Waals surface area contributed by atoms with Crippen LogP contribution in [-0.4, -0.2) is 33.2 Å². The summed E-state index contributed by atoms with van der Waals surface area (Å²) in [5, 5.41) is 15.6. The standard InChI is InChI=1S/C19H25N3O4/c1-11(2)13-5-7-14(8-6-13)18-21-16(26-22-18)10-9-15(23)20-17(12(3)4)19(24)25/h5-8,11-12,17H,9-10H2,1-4H3,(H,20,23)(H,24,25)/t17-/m0/s1. The molecule has 0 aliphatic carbocycles. The molecule has 0 spiro atoms. The highest BCUT2D eigenvalue weighted by Gasteiger charge is 2.23. The van der Waals surface area contributed by atoms with Crippen LogP contribution in [0.25, 0.3) is 11.4 Å². The van der Waals surface area contributed by atoms with Gasteiger partial charge in [-0.2, -0.15) is 4.98 Å². The first-order valence-corrected chi connectivity index (χ1v) is 8.73. The van der Waals surface area contributed by atoms with Gasteiger partial charge in [0.25, 0.3) is 0 Å². The fourth-order valence-electron chi connectivity index (χ4n) is 2.47. The first-order chi connectivity index (χ1) is 12.3. The predicted molar refractivity (Wildman–Crippen MR) is 96.5 cm³/mol. The maximum absolute atomic E-state index is 11.9. The van der Waals surface area contributed by atoms with E-state index < -0.39 is 12.0 Å². The van der Waals surface area contributed by atoms with E-state index in [-0.39, 0.29) is 24.7 Å². The van der Waals surface area contributed by atoms with Gasteiger partial charge in [-0.15, -0.1) is 0 Å². The number of amides is 1. The number of aromatic nitrogens is 2. The molecule has 1 aromatic heterocycles. The van der Waals surface area contributed by atoms with E-state index in [1.807, 2.05) is 24.3 Å². The van der Waals surface area contributed by atoms with Gasteiger partial charge in [0.05, 0.1) is 0 Å². The number of carboxylic acids is 1. The van der Waals surface area contributed by atoms with Crippen molar-refractivity contribution < 1.29 is 19.2 Å². The first-order valence-electron chi connectivity index (χ1n) is 8.73. The zero-order valence-corrected chi connectivity index (χ0v) is 15.5. The quantitative estimate of drug-likeness (QED) is 0.750. The fraction of sp³-hybridized carbons (Fsp3) is 0.474. The van der Waals surface area contributed by atoms with Crippen LogP contribution >= 0.6 is 0 Å². The Morgan fingerprint density at radius 2 is 1.81 bits per heavy atom. The second kappa shape index (κ2) is 8.60. The summed E-state index contributed by atoms with van der Waals surface area (Å²) >= 11 is 0. The van der Waals surface area contributed by atoms with Crippen LogP contribution in [0.2, 0.25) is 0 Å². The van der Waals surface area contributed by atoms with Crippen molar-refractivity contribution in [2.45, 2.75) is 52.5 Å². The summed E-state index contributed by atoms with van der Waals surface area (Å²) in [7, 11) is 0. The third-order valence-electron chi connectivity index (χ3n) is 4.12. The number of carbonyl (C=O) groups excluding carboxylic acids is 1. The van der Waals surface area contributed by atoms with Crippen molar-refractivity contribution >= 4 is 11.9 Å². The zero-order valence-electron chi connectivity index (χ0n) is 15.5. The number of nitrogens with zero attached hydrogens (tertiary/aromatic N) is 2. The number of carbonyl (C=O) groups is 2. The molecule has 2 rings (SSSR count). The van der Waals surface area contributed by atoms with Crippen molar-refractivity contribution in [1.29, 1.82) is 0 Å². The van der Waals surface area contributed by atoms with Crippen LogP contribution in [0.15, 0.2) is 28.8 Å². The molecule has 2 N–H and O–H groups in total. The Morgan fingerprint density at radius 3 is 2.35 bits per heavy atom. The second-order valence-electron chi connectivity index (χ2n) is 6.92.